The van der Waals surface area contributed by atoms with Gasteiger partial charge in [-0.3, -0.25) is 14.4 Å². The molecule has 0 aromatic heterocycles. The van der Waals surface area contributed by atoms with Crippen LogP contribution in [0.1, 0.15) is 41.0 Å². The van der Waals surface area contributed by atoms with Gasteiger partial charge in [0.05, 0.1) is 6.10 Å². The molecule has 0 spiro atoms. The minimum atomic E-state index is -0.975. The fraction of sp³-hybridized carbons (Fsp3) is 0.786. The van der Waals surface area contributed by atoms with Gasteiger partial charge in [0.2, 0.25) is 12.2 Å². The maximum Gasteiger partial charge on any atom is 0.305 e. The van der Waals surface area contributed by atoms with Crippen LogP contribution >= 0.6 is 0 Å². The van der Waals surface area contributed by atoms with Crippen molar-refractivity contribution >= 4 is 17.8 Å². The van der Waals surface area contributed by atoms with Crippen LogP contribution in [-0.2, 0) is 28.6 Å². The Morgan fingerprint density at radius 1 is 1.10 bits per heavy atom. The molecule has 1 N–H and O–H groups in total. The molecule has 0 radical (unpaired) electrons. The maximum atomic E-state index is 11.4. The second-order valence-electron chi connectivity index (χ2n) is 5.22. The zero-order chi connectivity index (χ0) is 16.2. The van der Waals surface area contributed by atoms with Crippen LogP contribution in [0.25, 0.3) is 0 Å². The molecular formula is C14H23NO6. The summed E-state index contributed by atoms with van der Waals surface area (Å²) in [5, 5.41) is 2.65. The quantitative estimate of drug-likeness (QED) is 0.771. The van der Waals surface area contributed by atoms with Gasteiger partial charge in [-0.25, -0.2) is 0 Å². The summed E-state index contributed by atoms with van der Waals surface area (Å²) in [7, 11) is 0. The van der Waals surface area contributed by atoms with Gasteiger partial charge in [-0.1, -0.05) is 13.8 Å². The van der Waals surface area contributed by atoms with Gasteiger partial charge in [0.1, 0.15) is 12.1 Å². The van der Waals surface area contributed by atoms with Crippen LogP contribution in [0.4, 0.5) is 0 Å². The lowest BCUT2D eigenvalue weighted by molar-refractivity contribution is -0.246. The van der Waals surface area contributed by atoms with E-state index in [2.05, 4.69) is 5.32 Å². The first-order chi connectivity index (χ1) is 9.76. The summed E-state index contributed by atoms with van der Waals surface area (Å²) in [5.74, 6) is -1.44. The van der Waals surface area contributed by atoms with Crippen molar-refractivity contribution in [2.75, 3.05) is 0 Å². The summed E-state index contributed by atoms with van der Waals surface area (Å²) in [6.07, 6.45) is -1.15. The fourth-order valence-electron chi connectivity index (χ4n) is 2.56. The highest BCUT2D eigenvalue weighted by molar-refractivity contribution is 5.73. The zero-order valence-electron chi connectivity index (χ0n) is 13.0. The SMILES string of the molecule is CC[C@H]1O[C@@H](OC(C)=O)[C@H](NC(C)=O)[C@@H](OC(C)=O)[C@H]1C. The van der Waals surface area contributed by atoms with E-state index >= 15 is 0 Å². The smallest absolute Gasteiger partial charge is 0.305 e. The molecule has 1 aliphatic heterocycles. The lowest BCUT2D eigenvalue weighted by Crippen LogP contribution is -2.62. The molecule has 7 nitrogen and oxygen atoms in total. The minimum absolute atomic E-state index is 0.137. The third kappa shape index (κ3) is 4.70. The predicted molar refractivity (Wildman–Crippen MR) is 73.0 cm³/mol. The molecule has 7 heteroatoms. The number of rotatable bonds is 4. The van der Waals surface area contributed by atoms with Gasteiger partial charge >= 0.3 is 11.9 Å². The molecule has 0 aromatic rings. The predicted octanol–water partition coefficient (Wildman–Crippen LogP) is 0.757. The average Bonchev–Trinajstić information content (AvgIpc) is 2.35. The lowest BCUT2D eigenvalue weighted by Gasteiger charge is -2.44. The van der Waals surface area contributed by atoms with Crippen LogP contribution in [0.2, 0.25) is 0 Å². The number of amides is 1. The molecule has 1 amide bonds. The summed E-state index contributed by atoms with van der Waals surface area (Å²) in [6, 6.07) is -0.729. The van der Waals surface area contributed by atoms with E-state index in [1.165, 1.54) is 20.8 Å². The molecule has 5 atom stereocenters. The summed E-state index contributed by atoms with van der Waals surface area (Å²) in [6.45, 7) is 7.70. The lowest BCUT2D eigenvalue weighted by atomic mass is 9.87. The average molecular weight is 301 g/mol. The van der Waals surface area contributed by atoms with Crippen molar-refractivity contribution in [2.24, 2.45) is 5.92 Å². The summed E-state index contributed by atoms with van der Waals surface area (Å²) >= 11 is 0. The van der Waals surface area contributed by atoms with Gasteiger partial charge in [-0.2, -0.15) is 0 Å². The molecule has 21 heavy (non-hydrogen) atoms. The number of nitrogens with one attached hydrogen (secondary N) is 1. The van der Waals surface area contributed by atoms with Crippen LogP contribution in [0.15, 0.2) is 0 Å². The van der Waals surface area contributed by atoms with Crippen molar-refractivity contribution in [2.45, 2.75) is 65.6 Å². The summed E-state index contributed by atoms with van der Waals surface area (Å²) in [5.41, 5.74) is 0. The van der Waals surface area contributed by atoms with Crippen molar-refractivity contribution in [1.29, 1.82) is 0 Å². The number of ether oxygens (including phenoxy) is 3. The molecule has 0 aromatic carbocycles. The Morgan fingerprint density at radius 3 is 2.10 bits per heavy atom. The minimum Gasteiger partial charge on any atom is -0.460 e. The fourth-order valence-corrected chi connectivity index (χ4v) is 2.56. The van der Waals surface area contributed by atoms with E-state index in [9.17, 15) is 14.4 Å². The molecule has 1 saturated heterocycles. The highest BCUT2D eigenvalue weighted by Crippen LogP contribution is 2.30. The van der Waals surface area contributed by atoms with Crippen LogP contribution < -0.4 is 5.32 Å². The van der Waals surface area contributed by atoms with Crippen LogP contribution in [-0.4, -0.2) is 42.4 Å². The number of hydrogen-bond donors (Lipinski definition) is 1. The van der Waals surface area contributed by atoms with E-state index in [-0.39, 0.29) is 17.9 Å². The Balaban J connectivity index is 3.05. The van der Waals surface area contributed by atoms with Crippen molar-refractivity contribution in [3.05, 3.63) is 0 Å². The molecule has 0 saturated carbocycles. The number of carbonyl (C=O) groups excluding carboxylic acids is 3. The molecule has 1 aliphatic rings. The zero-order valence-corrected chi connectivity index (χ0v) is 13.0. The van der Waals surface area contributed by atoms with Crippen molar-refractivity contribution in [3.63, 3.8) is 0 Å². The molecule has 0 aliphatic carbocycles. The van der Waals surface area contributed by atoms with Gasteiger partial charge in [-0.15, -0.1) is 0 Å². The topological polar surface area (TPSA) is 90.9 Å². The monoisotopic (exact) mass is 301 g/mol. The Labute approximate surface area is 124 Å². The molecule has 1 fully saturated rings. The number of hydrogen-bond acceptors (Lipinski definition) is 6. The number of carbonyl (C=O) groups is 3. The van der Waals surface area contributed by atoms with Gasteiger partial charge in [-0.05, 0) is 6.42 Å². The molecule has 1 rings (SSSR count). The van der Waals surface area contributed by atoms with Gasteiger partial charge < -0.3 is 19.5 Å². The first-order valence-electron chi connectivity index (χ1n) is 7.03. The standard InChI is InChI=1S/C14H23NO6/c1-6-11-7(2)13(19-9(4)17)12(15-8(3)16)14(21-11)20-10(5)18/h7,11-14H,6H2,1-5H3,(H,15,16)/t7-,11+,12+,13-,14+/m0/s1. The third-order valence-electron chi connectivity index (χ3n) is 3.42. The second kappa shape index (κ2) is 7.40. The normalized spacial score (nSPS) is 32.1. The van der Waals surface area contributed by atoms with Crippen LogP contribution in [0.3, 0.4) is 0 Å². The molecule has 120 valence electrons. The Morgan fingerprint density at radius 2 is 1.67 bits per heavy atom. The molecular weight excluding hydrogens is 278 g/mol. The second-order valence-corrected chi connectivity index (χ2v) is 5.22. The van der Waals surface area contributed by atoms with E-state index in [0.717, 1.165) is 0 Å². The van der Waals surface area contributed by atoms with Gasteiger partial charge in [0, 0.05) is 26.7 Å². The highest BCUT2D eigenvalue weighted by Gasteiger charge is 2.47. The van der Waals surface area contributed by atoms with E-state index in [1.54, 1.807) is 0 Å². The van der Waals surface area contributed by atoms with Crippen molar-refractivity contribution in [3.8, 4) is 0 Å². The van der Waals surface area contributed by atoms with Crippen molar-refractivity contribution < 1.29 is 28.6 Å². The maximum absolute atomic E-state index is 11.4. The Kier molecular flexibility index (Phi) is 6.14. The molecule has 0 unspecified atom stereocenters. The number of esters is 2. The molecule has 1 heterocycles. The van der Waals surface area contributed by atoms with E-state index in [0.29, 0.717) is 6.42 Å². The van der Waals surface area contributed by atoms with Crippen molar-refractivity contribution in [1.82, 2.24) is 5.32 Å². The molecule has 0 bridgehead atoms. The highest BCUT2D eigenvalue weighted by atomic mass is 16.7. The van der Waals surface area contributed by atoms with Crippen LogP contribution in [0, 0.1) is 5.92 Å². The van der Waals surface area contributed by atoms with E-state index < -0.39 is 30.4 Å². The summed E-state index contributed by atoms with van der Waals surface area (Å²) < 4.78 is 16.2. The summed E-state index contributed by atoms with van der Waals surface area (Å²) in [4.78, 5) is 33.9. The third-order valence-corrected chi connectivity index (χ3v) is 3.42. The van der Waals surface area contributed by atoms with Crippen LogP contribution in [0.5, 0.6) is 0 Å². The Hall–Kier alpha value is -1.63. The van der Waals surface area contributed by atoms with E-state index in [1.807, 2.05) is 13.8 Å². The first kappa shape index (κ1) is 17.4. The van der Waals surface area contributed by atoms with E-state index in [4.69, 9.17) is 14.2 Å². The van der Waals surface area contributed by atoms with Gasteiger partial charge in [0.25, 0.3) is 0 Å². The van der Waals surface area contributed by atoms with Gasteiger partial charge in [0.15, 0.2) is 0 Å². The largest absolute Gasteiger partial charge is 0.460 e. The first-order valence-corrected chi connectivity index (χ1v) is 7.03. The Bertz CT molecular complexity index is 410.